The van der Waals surface area contributed by atoms with Crippen molar-refractivity contribution in [1.29, 1.82) is 0 Å². The Morgan fingerprint density at radius 3 is 2.63 bits per heavy atom. The fourth-order valence-corrected chi connectivity index (χ4v) is 3.35. The predicted molar refractivity (Wildman–Crippen MR) is 110 cm³/mol. The zero-order valence-electron chi connectivity index (χ0n) is 16.6. The van der Waals surface area contributed by atoms with Crippen LogP contribution in [0.5, 0.6) is 0 Å². The van der Waals surface area contributed by atoms with Crippen LogP contribution in [0, 0.1) is 6.92 Å². The van der Waals surface area contributed by atoms with Crippen LogP contribution in [-0.2, 0) is 4.79 Å². The molecule has 0 fully saturated rings. The van der Waals surface area contributed by atoms with Crippen molar-refractivity contribution in [3.05, 3.63) is 65.6 Å². The van der Waals surface area contributed by atoms with Crippen LogP contribution in [0.15, 0.2) is 48.8 Å². The number of carbonyl (C=O) groups excluding carboxylic acids is 1. The number of aromatic nitrogens is 2. The standard InChI is InChI=1S/C22H28N4O/c1-5-12-23-21(27)14-19(17-8-10-18(11-9-17)25(3)4)20-15-24-22-16(2)7-6-13-26(20)22/h6-11,13,15,19H,5,12,14H2,1-4H3,(H,23,27). The lowest BCUT2D eigenvalue weighted by Gasteiger charge is -2.19. The third-order valence-electron chi connectivity index (χ3n) is 4.89. The van der Waals surface area contributed by atoms with Gasteiger partial charge in [-0.1, -0.05) is 25.1 Å². The van der Waals surface area contributed by atoms with Gasteiger partial charge in [-0.3, -0.25) is 4.79 Å². The van der Waals surface area contributed by atoms with Crippen molar-refractivity contribution in [2.45, 2.75) is 32.6 Å². The van der Waals surface area contributed by atoms with Gasteiger partial charge < -0.3 is 14.6 Å². The Kier molecular flexibility index (Phi) is 5.79. The van der Waals surface area contributed by atoms with Crippen molar-refractivity contribution >= 4 is 17.2 Å². The number of fused-ring (bicyclic) bond motifs is 1. The summed E-state index contributed by atoms with van der Waals surface area (Å²) in [6.07, 6.45) is 5.27. The number of hydrogen-bond donors (Lipinski definition) is 1. The van der Waals surface area contributed by atoms with Crippen LogP contribution >= 0.6 is 0 Å². The molecule has 0 aliphatic rings. The first-order valence-electron chi connectivity index (χ1n) is 9.47. The van der Waals surface area contributed by atoms with E-state index in [4.69, 9.17) is 0 Å². The minimum absolute atomic E-state index is 0.0464. The number of rotatable bonds is 7. The number of anilines is 1. The SMILES string of the molecule is CCCNC(=O)CC(c1ccc(N(C)C)cc1)c1cnc2c(C)cccn12. The summed E-state index contributed by atoms with van der Waals surface area (Å²) in [5, 5.41) is 3.01. The van der Waals surface area contributed by atoms with E-state index >= 15 is 0 Å². The molecule has 27 heavy (non-hydrogen) atoms. The van der Waals surface area contributed by atoms with E-state index in [1.807, 2.05) is 32.6 Å². The number of pyridine rings is 1. The molecule has 0 aliphatic carbocycles. The second kappa shape index (κ2) is 8.25. The minimum Gasteiger partial charge on any atom is -0.378 e. The summed E-state index contributed by atoms with van der Waals surface area (Å²) >= 11 is 0. The van der Waals surface area contributed by atoms with Gasteiger partial charge in [-0.2, -0.15) is 0 Å². The molecule has 0 aliphatic heterocycles. The third kappa shape index (κ3) is 4.13. The fourth-order valence-electron chi connectivity index (χ4n) is 3.35. The van der Waals surface area contributed by atoms with Crippen molar-refractivity contribution in [2.24, 2.45) is 0 Å². The molecule has 0 saturated carbocycles. The molecular weight excluding hydrogens is 336 g/mol. The molecule has 5 nitrogen and oxygen atoms in total. The van der Waals surface area contributed by atoms with E-state index in [0.29, 0.717) is 13.0 Å². The molecule has 1 aromatic carbocycles. The van der Waals surface area contributed by atoms with Gasteiger partial charge in [0.1, 0.15) is 5.65 Å². The molecule has 0 saturated heterocycles. The molecular formula is C22H28N4O. The molecule has 3 aromatic rings. The zero-order chi connectivity index (χ0) is 19.4. The summed E-state index contributed by atoms with van der Waals surface area (Å²) in [4.78, 5) is 19.2. The van der Waals surface area contributed by atoms with Crippen LogP contribution < -0.4 is 10.2 Å². The Morgan fingerprint density at radius 1 is 1.22 bits per heavy atom. The van der Waals surface area contributed by atoms with Gasteiger partial charge in [0.2, 0.25) is 5.91 Å². The lowest BCUT2D eigenvalue weighted by atomic mass is 9.92. The van der Waals surface area contributed by atoms with Crippen LogP contribution in [0.1, 0.15) is 42.5 Å². The zero-order valence-corrected chi connectivity index (χ0v) is 16.6. The Hall–Kier alpha value is -2.82. The van der Waals surface area contributed by atoms with E-state index < -0.39 is 0 Å². The molecule has 0 radical (unpaired) electrons. The molecule has 1 N–H and O–H groups in total. The second-order valence-corrected chi connectivity index (χ2v) is 7.16. The predicted octanol–water partition coefficient (Wildman–Crippen LogP) is 3.76. The van der Waals surface area contributed by atoms with E-state index in [-0.39, 0.29) is 11.8 Å². The summed E-state index contributed by atoms with van der Waals surface area (Å²) in [7, 11) is 4.05. The quantitative estimate of drug-likeness (QED) is 0.694. The lowest BCUT2D eigenvalue weighted by Crippen LogP contribution is -2.26. The third-order valence-corrected chi connectivity index (χ3v) is 4.89. The van der Waals surface area contributed by atoms with E-state index in [1.165, 1.54) is 0 Å². The largest absolute Gasteiger partial charge is 0.378 e. The first kappa shape index (κ1) is 19.0. The molecule has 0 bridgehead atoms. The number of nitrogens with zero attached hydrogens (tertiary/aromatic N) is 3. The summed E-state index contributed by atoms with van der Waals surface area (Å²) in [6, 6.07) is 12.5. The van der Waals surface area contributed by atoms with Crippen molar-refractivity contribution in [2.75, 3.05) is 25.5 Å². The lowest BCUT2D eigenvalue weighted by molar-refractivity contribution is -0.121. The van der Waals surface area contributed by atoms with Crippen LogP contribution in [-0.4, -0.2) is 35.9 Å². The Labute approximate surface area is 161 Å². The van der Waals surface area contributed by atoms with Gasteiger partial charge in [0.05, 0.1) is 5.69 Å². The number of imidazole rings is 1. The van der Waals surface area contributed by atoms with Crippen molar-refractivity contribution in [1.82, 2.24) is 14.7 Å². The molecule has 1 unspecified atom stereocenters. The Balaban J connectivity index is 2.01. The number of amides is 1. The molecule has 5 heteroatoms. The normalized spacial score (nSPS) is 12.1. The first-order chi connectivity index (χ1) is 13.0. The Bertz CT molecular complexity index is 912. The van der Waals surface area contributed by atoms with E-state index in [2.05, 4.69) is 63.8 Å². The highest BCUT2D eigenvalue weighted by Crippen LogP contribution is 2.30. The van der Waals surface area contributed by atoms with Gasteiger partial charge in [-0.15, -0.1) is 0 Å². The maximum absolute atomic E-state index is 12.5. The van der Waals surface area contributed by atoms with Gasteiger partial charge in [-0.05, 0) is 42.7 Å². The highest BCUT2D eigenvalue weighted by Gasteiger charge is 2.22. The van der Waals surface area contributed by atoms with Crippen LogP contribution in [0.25, 0.3) is 5.65 Å². The van der Waals surface area contributed by atoms with Crippen molar-refractivity contribution in [3.8, 4) is 0 Å². The smallest absolute Gasteiger partial charge is 0.221 e. The summed E-state index contributed by atoms with van der Waals surface area (Å²) in [5.74, 6) is 0.0241. The van der Waals surface area contributed by atoms with Gasteiger partial charge >= 0.3 is 0 Å². The topological polar surface area (TPSA) is 49.6 Å². The van der Waals surface area contributed by atoms with E-state index in [1.54, 1.807) is 0 Å². The average Bonchev–Trinajstić information content (AvgIpc) is 3.10. The van der Waals surface area contributed by atoms with Crippen LogP contribution in [0.2, 0.25) is 0 Å². The maximum atomic E-state index is 12.5. The molecule has 2 aromatic heterocycles. The molecule has 2 heterocycles. The number of hydrogen-bond acceptors (Lipinski definition) is 3. The molecule has 3 rings (SSSR count). The minimum atomic E-state index is -0.0464. The summed E-state index contributed by atoms with van der Waals surface area (Å²) < 4.78 is 2.10. The summed E-state index contributed by atoms with van der Waals surface area (Å²) in [5.41, 5.74) is 5.37. The summed E-state index contributed by atoms with van der Waals surface area (Å²) in [6.45, 7) is 4.82. The van der Waals surface area contributed by atoms with Gasteiger partial charge in [0.15, 0.2) is 0 Å². The van der Waals surface area contributed by atoms with E-state index in [0.717, 1.165) is 34.6 Å². The van der Waals surface area contributed by atoms with Crippen LogP contribution in [0.3, 0.4) is 0 Å². The molecule has 1 amide bonds. The number of benzene rings is 1. The average molecular weight is 364 g/mol. The van der Waals surface area contributed by atoms with Gasteiger partial charge in [-0.25, -0.2) is 4.98 Å². The van der Waals surface area contributed by atoms with Crippen molar-refractivity contribution < 1.29 is 4.79 Å². The highest BCUT2D eigenvalue weighted by atomic mass is 16.1. The maximum Gasteiger partial charge on any atom is 0.221 e. The fraction of sp³-hybridized carbons (Fsp3) is 0.364. The monoisotopic (exact) mass is 364 g/mol. The van der Waals surface area contributed by atoms with E-state index in [9.17, 15) is 4.79 Å². The molecule has 142 valence electrons. The number of nitrogens with one attached hydrogen (secondary N) is 1. The van der Waals surface area contributed by atoms with Crippen molar-refractivity contribution in [3.63, 3.8) is 0 Å². The highest BCUT2D eigenvalue weighted by molar-refractivity contribution is 5.77. The number of aryl methyl sites for hydroxylation is 1. The molecule has 0 spiro atoms. The molecule has 1 atom stereocenters. The first-order valence-corrected chi connectivity index (χ1v) is 9.47. The van der Waals surface area contributed by atoms with Crippen LogP contribution in [0.4, 0.5) is 5.69 Å². The second-order valence-electron chi connectivity index (χ2n) is 7.16. The van der Waals surface area contributed by atoms with Gasteiger partial charge in [0, 0.05) is 51.1 Å². The number of carbonyl (C=O) groups is 1. The Morgan fingerprint density at radius 2 is 1.96 bits per heavy atom. The van der Waals surface area contributed by atoms with Gasteiger partial charge in [0.25, 0.3) is 0 Å².